The Hall–Kier alpha value is -1.88. The molecule has 0 amide bonds. The molecular weight excluding hydrogens is 218 g/mol. The maximum atomic E-state index is 11.8. The Kier molecular flexibility index (Phi) is 2.53. The number of H-pyrrole nitrogens is 1. The lowest BCUT2D eigenvalue weighted by Gasteiger charge is -2.02. The normalized spacial score (nSPS) is 15.1. The van der Waals surface area contributed by atoms with Gasteiger partial charge in [0.15, 0.2) is 11.6 Å². The van der Waals surface area contributed by atoms with Gasteiger partial charge in [0.25, 0.3) is 5.56 Å². The van der Waals surface area contributed by atoms with Gasteiger partial charge in [0, 0.05) is 24.3 Å². The number of hydrogen-bond acceptors (Lipinski definition) is 4. The van der Waals surface area contributed by atoms with Crippen molar-refractivity contribution in [3.05, 3.63) is 40.5 Å². The summed E-state index contributed by atoms with van der Waals surface area (Å²) in [5.41, 5.74) is 0.548. The molecule has 1 aliphatic rings. The highest BCUT2D eigenvalue weighted by Crippen LogP contribution is 2.19. The van der Waals surface area contributed by atoms with Crippen LogP contribution in [-0.4, -0.2) is 16.0 Å². The minimum atomic E-state index is -0.112. The van der Waals surface area contributed by atoms with E-state index in [0.717, 1.165) is 0 Å². The van der Waals surface area contributed by atoms with Crippen LogP contribution in [0.1, 0.15) is 18.4 Å². The quantitative estimate of drug-likeness (QED) is 0.831. The van der Waals surface area contributed by atoms with Gasteiger partial charge in [-0.25, -0.2) is 4.98 Å². The number of aromatic nitrogens is 2. The largest absolute Gasteiger partial charge is 0.461 e. The van der Waals surface area contributed by atoms with Gasteiger partial charge in [-0.05, 0) is 25.0 Å². The predicted molar refractivity (Wildman–Crippen MR) is 62.4 cm³/mol. The summed E-state index contributed by atoms with van der Waals surface area (Å²) >= 11 is 0. The number of nitrogens with zero attached hydrogens (tertiary/aromatic N) is 1. The zero-order valence-corrected chi connectivity index (χ0v) is 9.27. The number of aromatic amines is 1. The Morgan fingerprint density at radius 3 is 3.06 bits per heavy atom. The summed E-state index contributed by atoms with van der Waals surface area (Å²) in [5.74, 6) is 1.04. The van der Waals surface area contributed by atoms with Crippen molar-refractivity contribution in [3.63, 3.8) is 0 Å². The summed E-state index contributed by atoms with van der Waals surface area (Å²) in [6, 6.07) is 4.11. The Morgan fingerprint density at radius 2 is 2.41 bits per heavy atom. The summed E-state index contributed by atoms with van der Waals surface area (Å²) in [5, 5.41) is 3.28. The topological polar surface area (TPSA) is 70.9 Å². The molecule has 0 atom stereocenters. The smallest absolute Gasteiger partial charge is 0.255 e. The van der Waals surface area contributed by atoms with Crippen LogP contribution in [0.4, 0.5) is 0 Å². The van der Waals surface area contributed by atoms with Crippen molar-refractivity contribution < 1.29 is 4.42 Å². The third kappa shape index (κ3) is 2.29. The monoisotopic (exact) mass is 231 g/mol. The van der Waals surface area contributed by atoms with E-state index in [9.17, 15) is 4.79 Å². The first-order valence-electron chi connectivity index (χ1n) is 5.68. The molecule has 0 aromatic carbocycles. The molecule has 1 saturated carbocycles. The third-order valence-corrected chi connectivity index (χ3v) is 2.79. The van der Waals surface area contributed by atoms with E-state index in [-0.39, 0.29) is 5.56 Å². The Morgan fingerprint density at radius 1 is 1.53 bits per heavy atom. The van der Waals surface area contributed by atoms with Gasteiger partial charge in [0.1, 0.15) is 0 Å². The average Bonchev–Trinajstić information content (AvgIpc) is 3.00. The van der Waals surface area contributed by atoms with Crippen molar-refractivity contribution in [2.75, 3.05) is 0 Å². The lowest BCUT2D eigenvalue weighted by atomic mass is 10.3. The van der Waals surface area contributed by atoms with Gasteiger partial charge in [-0.1, -0.05) is 0 Å². The van der Waals surface area contributed by atoms with E-state index >= 15 is 0 Å². The maximum absolute atomic E-state index is 11.8. The molecule has 2 heterocycles. The number of hydrogen-bond donors (Lipinski definition) is 2. The van der Waals surface area contributed by atoms with E-state index in [0.29, 0.717) is 29.7 Å². The SMILES string of the molecule is O=c1[nH]c(-c2ccco2)ncc1CNC1CC1. The molecule has 17 heavy (non-hydrogen) atoms. The molecule has 1 fully saturated rings. The summed E-state index contributed by atoms with van der Waals surface area (Å²) in [6.45, 7) is 0.575. The standard InChI is InChI=1S/C12H13N3O2/c16-12-8(6-13-9-3-4-9)7-14-11(15-12)10-2-1-5-17-10/h1-2,5,7,9,13H,3-4,6H2,(H,14,15,16). The van der Waals surface area contributed by atoms with Gasteiger partial charge >= 0.3 is 0 Å². The van der Waals surface area contributed by atoms with E-state index in [1.165, 1.54) is 12.8 Å². The number of nitrogens with one attached hydrogen (secondary N) is 2. The van der Waals surface area contributed by atoms with Crippen molar-refractivity contribution in [3.8, 4) is 11.6 Å². The molecule has 0 aliphatic heterocycles. The molecular formula is C12H13N3O2. The van der Waals surface area contributed by atoms with Gasteiger partial charge in [-0.2, -0.15) is 0 Å². The molecule has 0 bridgehead atoms. The van der Waals surface area contributed by atoms with Gasteiger partial charge in [0.2, 0.25) is 0 Å². The van der Waals surface area contributed by atoms with Crippen LogP contribution in [0.15, 0.2) is 33.8 Å². The lowest BCUT2D eigenvalue weighted by molar-refractivity contribution is 0.576. The van der Waals surface area contributed by atoms with E-state index in [1.54, 1.807) is 24.6 Å². The molecule has 5 nitrogen and oxygen atoms in total. The molecule has 2 aromatic rings. The first-order chi connectivity index (χ1) is 8.33. The maximum Gasteiger partial charge on any atom is 0.255 e. The summed E-state index contributed by atoms with van der Waals surface area (Å²) in [6.07, 6.45) is 5.57. The highest BCUT2D eigenvalue weighted by atomic mass is 16.3. The first kappa shape index (κ1) is 10.3. The minimum absolute atomic E-state index is 0.112. The molecule has 0 radical (unpaired) electrons. The van der Waals surface area contributed by atoms with E-state index in [1.807, 2.05) is 0 Å². The first-order valence-corrected chi connectivity index (χ1v) is 5.68. The molecule has 0 saturated heterocycles. The third-order valence-electron chi connectivity index (χ3n) is 2.79. The molecule has 2 aromatic heterocycles. The van der Waals surface area contributed by atoms with Crippen LogP contribution in [0.2, 0.25) is 0 Å². The van der Waals surface area contributed by atoms with Gasteiger partial charge in [-0.3, -0.25) is 4.79 Å². The van der Waals surface area contributed by atoms with Crippen LogP contribution in [0.3, 0.4) is 0 Å². The second-order valence-corrected chi connectivity index (χ2v) is 4.22. The van der Waals surface area contributed by atoms with E-state index in [2.05, 4.69) is 15.3 Å². The van der Waals surface area contributed by atoms with Crippen molar-refractivity contribution in [2.24, 2.45) is 0 Å². The lowest BCUT2D eigenvalue weighted by Crippen LogP contribution is -2.23. The predicted octanol–water partition coefficient (Wildman–Crippen LogP) is 1.28. The fourth-order valence-electron chi connectivity index (χ4n) is 1.63. The molecule has 0 spiro atoms. The van der Waals surface area contributed by atoms with Crippen molar-refractivity contribution in [1.29, 1.82) is 0 Å². The van der Waals surface area contributed by atoms with Crippen LogP contribution in [-0.2, 0) is 6.54 Å². The Balaban J connectivity index is 1.80. The van der Waals surface area contributed by atoms with E-state index in [4.69, 9.17) is 4.42 Å². The summed E-state index contributed by atoms with van der Waals surface area (Å²) in [7, 11) is 0. The second kappa shape index (κ2) is 4.18. The fraction of sp³-hybridized carbons (Fsp3) is 0.333. The number of rotatable bonds is 4. The minimum Gasteiger partial charge on any atom is -0.461 e. The molecule has 1 aliphatic carbocycles. The molecule has 5 heteroatoms. The Labute approximate surface area is 97.9 Å². The van der Waals surface area contributed by atoms with Gasteiger partial charge in [0.05, 0.1) is 6.26 Å². The molecule has 88 valence electrons. The average molecular weight is 231 g/mol. The van der Waals surface area contributed by atoms with Gasteiger partial charge in [-0.15, -0.1) is 0 Å². The zero-order chi connectivity index (χ0) is 11.7. The van der Waals surface area contributed by atoms with Crippen molar-refractivity contribution >= 4 is 0 Å². The fourth-order valence-corrected chi connectivity index (χ4v) is 1.63. The second-order valence-electron chi connectivity index (χ2n) is 4.22. The van der Waals surface area contributed by atoms with Crippen LogP contribution in [0.5, 0.6) is 0 Å². The summed E-state index contributed by atoms with van der Waals surface area (Å²) in [4.78, 5) is 18.7. The van der Waals surface area contributed by atoms with Crippen molar-refractivity contribution in [1.82, 2.24) is 15.3 Å². The van der Waals surface area contributed by atoms with Crippen LogP contribution in [0.25, 0.3) is 11.6 Å². The summed E-state index contributed by atoms with van der Waals surface area (Å²) < 4.78 is 5.17. The highest BCUT2D eigenvalue weighted by molar-refractivity contribution is 5.45. The number of furan rings is 1. The molecule has 2 N–H and O–H groups in total. The van der Waals surface area contributed by atoms with Crippen LogP contribution >= 0.6 is 0 Å². The molecule has 3 rings (SSSR count). The van der Waals surface area contributed by atoms with Crippen LogP contribution in [0, 0.1) is 0 Å². The van der Waals surface area contributed by atoms with Crippen molar-refractivity contribution in [2.45, 2.75) is 25.4 Å². The zero-order valence-electron chi connectivity index (χ0n) is 9.27. The van der Waals surface area contributed by atoms with Crippen LogP contribution < -0.4 is 10.9 Å². The highest BCUT2D eigenvalue weighted by Gasteiger charge is 2.20. The van der Waals surface area contributed by atoms with Gasteiger partial charge < -0.3 is 14.7 Å². The Bertz CT molecular complexity index is 555. The molecule has 0 unspecified atom stereocenters. The van der Waals surface area contributed by atoms with E-state index < -0.39 is 0 Å².